The van der Waals surface area contributed by atoms with Gasteiger partial charge in [-0.1, -0.05) is 6.58 Å². The van der Waals surface area contributed by atoms with E-state index in [1.165, 1.54) is 0 Å². The third-order valence-corrected chi connectivity index (χ3v) is 1.34. The molecule has 0 N–H and O–H groups in total. The molecule has 0 saturated heterocycles. The van der Waals surface area contributed by atoms with Crippen molar-refractivity contribution in [1.29, 1.82) is 0 Å². The molecule has 0 aliphatic heterocycles. The maximum absolute atomic E-state index is 10.9. The standard InChI is InChI=1S/C9H18NO2.CH3/c1-8(2)9(11)12-7-6-10(3,4)5;/h1,6-7H2,2-5H3;1H3/q2*+1. The molecule has 0 heterocycles. The highest BCUT2D eigenvalue weighted by Crippen LogP contribution is 1.94. The van der Waals surface area contributed by atoms with E-state index in [-0.39, 0.29) is 13.4 Å². The van der Waals surface area contributed by atoms with Gasteiger partial charge in [-0.15, -0.1) is 0 Å². The monoisotopic (exact) mass is 187 g/mol. The predicted molar refractivity (Wildman–Crippen MR) is 55.1 cm³/mol. The number of hydrogen-bond donors (Lipinski definition) is 0. The SMILES string of the molecule is C=C(C)C(=O)OCC[N+](C)(C)C.[CH3+]. The number of rotatable bonds is 4. The van der Waals surface area contributed by atoms with E-state index >= 15 is 0 Å². The van der Waals surface area contributed by atoms with Crippen molar-refractivity contribution >= 4 is 5.97 Å². The Morgan fingerprint density at radius 1 is 1.38 bits per heavy atom. The zero-order valence-corrected chi connectivity index (χ0v) is 9.39. The molecule has 13 heavy (non-hydrogen) atoms. The molecule has 0 saturated carbocycles. The van der Waals surface area contributed by atoms with Gasteiger partial charge in [-0.3, -0.25) is 0 Å². The second-order valence-corrected chi connectivity index (χ2v) is 3.93. The van der Waals surface area contributed by atoms with Gasteiger partial charge in [0.1, 0.15) is 13.2 Å². The van der Waals surface area contributed by atoms with E-state index in [9.17, 15) is 4.79 Å². The zero-order chi connectivity index (χ0) is 9.78. The average Bonchev–Trinajstić information content (AvgIpc) is 1.84. The molecule has 0 radical (unpaired) electrons. The molecule has 0 spiro atoms. The number of carbonyl (C=O) groups excluding carboxylic acids is 1. The number of likely N-dealkylation sites (N-methyl/N-ethyl adjacent to an activating group) is 1. The van der Waals surface area contributed by atoms with Crippen LogP contribution in [0.2, 0.25) is 0 Å². The van der Waals surface area contributed by atoms with Crippen LogP contribution in [0.5, 0.6) is 0 Å². The van der Waals surface area contributed by atoms with Crippen molar-refractivity contribution in [3.8, 4) is 0 Å². The zero-order valence-electron chi connectivity index (χ0n) is 9.39. The summed E-state index contributed by atoms with van der Waals surface area (Å²) in [5.41, 5.74) is 0.455. The van der Waals surface area contributed by atoms with Crippen molar-refractivity contribution in [3.63, 3.8) is 0 Å². The van der Waals surface area contributed by atoms with Crippen molar-refractivity contribution in [2.24, 2.45) is 0 Å². The molecule has 0 amide bonds. The summed E-state index contributed by atoms with van der Waals surface area (Å²) in [5, 5.41) is 0. The predicted octanol–water partition coefficient (Wildman–Crippen LogP) is 1.26. The molecule has 0 aliphatic carbocycles. The topological polar surface area (TPSA) is 26.3 Å². The highest BCUT2D eigenvalue weighted by atomic mass is 16.5. The normalized spacial score (nSPS) is 10.2. The molecule has 76 valence electrons. The Bertz CT molecular complexity index is 180. The largest absolute Gasteiger partial charge is 0.456 e. The second kappa shape index (κ2) is 5.65. The Hall–Kier alpha value is -0.960. The molecule has 0 fully saturated rings. The summed E-state index contributed by atoms with van der Waals surface area (Å²) in [6.07, 6.45) is 0. The number of nitrogens with zero attached hydrogens (tertiary/aromatic N) is 1. The van der Waals surface area contributed by atoms with Gasteiger partial charge in [-0.25, -0.2) is 4.79 Å². The van der Waals surface area contributed by atoms with Crippen molar-refractivity contribution in [2.75, 3.05) is 34.3 Å². The molecule has 3 heteroatoms. The molecule has 0 aromatic carbocycles. The van der Waals surface area contributed by atoms with Gasteiger partial charge in [0.2, 0.25) is 0 Å². The lowest BCUT2D eigenvalue weighted by atomic mass is 10.4. The Kier molecular flexibility index (Phi) is 6.32. The van der Waals surface area contributed by atoms with Crippen molar-refractivity contribution < 1.29 is 14.0 Å². The first-order valence-corrected chi connectivity index (χ1v) is 3.96. The first-order chi connectivity index (χ1) is 5.33. The van der Waals surface area contributed by atoms with Crippen LogP contribution >= 0.6 is 0 Å². The van der Waals surface area contributed by atoms with Crippen LogP contribution in [-0.2, 0) is 9.53 Å². The first-order valence-electron chi connectivity index (χ1n) is 3.96. The fraction of sp³-hybridized carbons (Fsp3) is 0.600. The third-order valence-electron chi connectivity index (χ3n) is 1.34. The Morgan fingerprint density at radius 2 is 1.85 bits per heavy atom. The highest BCUT2D eigenvalue weighted by Gasteiger charge is 2.09. The Balaban J connectivity index is 0. The Morgan fingerprint density at radius 3 is 2.15 bits per heavy atom. The number of quaternary nitrogens is 1. The summed E-state index contributed by atoms with van der Waals surface area (Å²) >= 11 is 0. The molecular formula is C10H21NO2+2. The quantitative estimate of drug-likeness (QED) is 0.287. The van der Waals surface area contributed by atoms with Crippen LogP contribution in [0.1, 0.15) is 6.92 Å². The minimum Gasteiger partial charge on any atom is -0.456 e. The number of ether oxygens (including phenoxy) is 1. The summed E-state index contributed by atoms with van der Waals surface area (Å²) in [5.74, 6) is -0.302. The summed E-state index contributed by atoms with van der Waals surface area (Å²) in [6, 6.07) is 0. The van der Waals surface area contributed by atoms with Crippen LogP contribution in [0.4, 0.5) is 0 Å². The van der Waals surface area contributed by atoms with Crippen LogP contribution in [0.15, 0.2) is 12.2 Å². The summed E-state index contributed by atoms with van der Waals surface area (Å²) in [7, 11) is 6.15. The van der Waals surface area contributed by atoms with Crippen LogP contribution < -0.4 is 0 Å². The van der Waals surface area contributed by atoms with Crippen LogP contribution in [-0.4, -0.2) is 44.7 Å². The fourth-order valence-electron chi connectivity index (χ4n) is 0.535. The molecule has 0 bridgehead atoms. The second-order valence-electron chi connectivity index (χ2n) is 3.93. The van der Waals surface area contributed by atoms with E-state index in [0.717, 1.165) is 11.0 Å². The number of esters is 1. The van der Waals surface area contributed by atoms with E-state index in [2.05, 4.69) is 27.7 Å². The summed E-state index contributed by atoms with van der Waals surface area (Å²) in [6.45, 7) is 6.41. The average molecular weight is 187 g/mol. The minimum absolute atomic E-state index is 0. The van der Waals surface area contributed by atoms with E-state index < -0.39 is 0 Å². The number of hydrogen-bond acceptors (Lipinski definition) is 2. The van der Waals surface area contributed by atoms with Crippen molar-refractivity contribution in [2.45, 2.75) is 6.92 Å². The van der Waals surface area contributed by atoms with Crippen molar-refractivity contribution in [1.82, 2.24) is 0 Å². The lowest BCUT2D eigenvalue weighted by molar-refractivity contribution is -0.870. The van der Waals surface area contributed by atoms with E-state index in [4.69, 9.17) is 4.74 Å². The summed E-state index contributed by atoms with van der Waals surface area (Å²) in [4.78, 5) is 10.9. The molecular weight excluding hydrogens is 166 g/mol. The van der Waals surface area contributed by atoms with Gasteiger partial charge < -0.3 is 9.22 Å². The van der Waals surface area contributed by atoms with Gasteiger partial charge in [0.25, 0.3) is 0 Å². The minimum atomic E-state index is -0.302. The van der Waals surface area contributed by atoms with Gasteiger partial charge in [-0.2, -0.15) is 0 Å². The third kappa shape index (κ3) is 8.95. The van der Waals surface area contributed by atoms with Gasteiger partial charge in [0, 0.05) is 13.0 Å². The van der Waals surface area contributed by atoms with Gasteiger partial charge in [-0.05, 0) is 6.92 Å². The van der Waals surface area contributed by atoms with Crippen molar-refractivity contribution in [3.05, 3.63) is 19.6 Å². The van der Waals surface area contributed by atoms with Gasteiger partial charge in [0.05, 0.1) is 21.1 Å². The molecule has 0 atom stereocenters. The maximum atomic E-state index is 10.9. The van der Waals surface area contributed by atoms with Crippen LogP contribution in [0.25, 0.3) is 0 Å². The van der Waals surface area contributed by atoms with Crippen LogP contribution in [0.3, 0.4) is 0 Å². The lowest BCUT2D eigenvalue weighted by Gasteiger charge is -2.23. The molecule has 3 nitrogen and oxygen atoms in total. The van der Waals surface area contributed by atoms with Gasteiger partial charge in [0.15, 0.2) is 0 Å². The Labute approximate surface area is 81.6 Å². The highest BCUT2D eigenvalue weighted by molar-refractivity contribution is 5.86. The van der Waals surface area contributed by atoms with E-state index in [1.807, 2.05) is 0 Å². The van der Waals surface area contributed by atoms with Crippen LogP contribution in [0, 0.1) is 7.43 Å². The van der Waals surface area contributed by atoms with E-state index in [1.54, 1.807) is 6.92 Å². The fourth-order valence-corrected chi connectivity index (χ4v) is 0.535. The number of carbonyl (C=O) groups is 1. The lowest BCUT2D eigenvalue weighted by Crippen LogP contribution is -2.38. The molecule has 0 aromatic rings. The van der Waals surface area contributed by atoms with Gasteiger partial charge >= 0.3 is 5.97 Å². The first kappa shape index (κ1) is 14.6. The maximum Gasteiger partial charge on any atom is 0.333 e. The molecule has 0 aliphatic rings. The molecule has 0 rings (SSSR count). The molecule has 0 aromatic heterocycles. The smallest absolute Gasteiger partial charge is 0.333 e. The molecule has 0 unspecified atom stereocenters. The van der Waals surface area contributed by atoms with E-state index in [0.29, 0.717) is 12.2 Å². The summed E-state index contributed by atoms with van der Waals surface area (Å²) < 4.78 is 5.72.